The third kappa shape index (κ3) is 4.23. The predicted molar refractivity (Wildman–Crippen MR) is 95.6 cm³/mol. The molecule has 0 amide bonds. The van der Waals surface area contributed by atoms with Gasteiger partial charge in [-0.15, -0.1) is 0 Å². The van der Waals surface area contributed by atoms with Crippen molar-refractivity contribution in [2.24, 2.45) is 0 Å². The van der Waals surface area contributed by atoms with Crippen molar-refractivity contribution in [3.63, 3.8) is 0 Å². The highest BCUT2D eigenvalue weighted by Gasteiger charge is 2.28. The Morgan fingerprint density at radius 1 is 1.29 bits per heavy atom. The monoisotopic (exact) mass is 285 g/mol. The summed E-state index contributed by atoms with van der Waals surface area (Å²) in [5, 5.41) is 0. The summed E-state index contributed by atoms with van der Waals surface area (Å²) in [4.78, 5) is 2.14. The molecule has 0 aromatic heterocycles. The van der Waals surface area contributed by atoms with Crippen LogP contribution >= 0.6 is 0 Å². The summed E-state index contributed by atoms with van der Waals surface area (Å²) in [5.41, 5.74) is 5.60. The standard InChI is InChI=1S/C20H31N/c1-8-10-18-14-19(12-11-16(18)3)20(5,13-9-2)17(4)15-21(6)7/h8,10-12,14-15H,9,13H2,1-7H3/b10-8-,17-15+. The van der Waals surface area contributed by atoms with Crippen molar-refractivity contribution >= 4 is 6.08 Å². The molecule has 0 saturated heterocycles. The van der Waals surface area contributed by atoms with Gasteiger partial charge in [0.1, 0.15) is 0 Å². The van der Waals surface area contributed by atoms with Crippen molar-refractivity contribution in [2.45, 2.75) is 52.9 Å². The summed E-state index contributed by atoms with van der Waals surface area (Å²) in [7, 11) is 4.19. The first-order valence-electron chi connectivity index (χ1n) is 7.94. The van der Waals surface area contributed by atoms with Gasteiger partial charge in [0, 0.05) is 19.5 Å². The second kappa shape index (κ2) is 7.49. The van der Waals surface area contributed by atoms with Gasteiger partial charge in [0.15, 0.2) is 0 Å². The Kier molecular flexibility index (Phi) is 6.26. The molecule has 1 nitrogen and oxygen atoms in total. The van der Waals surface area contributed by atoms with Crippen LogP contribution in [0.1, 0.15) is 57.2 Å². The van der Waals surface area contributed by atoms with Crippen LogP contribution < -0.4 is 0 Å². The topological polar surface area (TPSA) is 3.24 Å². The van der Waals surface area contributed by atoms with Gasteiger partial charge < -0.3 is 4.90 Å². The lowest BCUT2D eigenvalue weighted by molar-refractivity contribution is 0.474. The lowest BCUT2D eigenvalue weighted by Crippen LogP contribution is -2.25. The predicted octanol–water partition coefficient (Wildman–Crippen LogP) is 5.55. The number of nitrogens with zero attached hydrogens (tertiary/aromatic N) is 1. The van der Waals surface area contributed by atoms with Crippen molar-refractivity contribution in [2.75, 3.05) is 14.1 Å². The molecular weight excluding hydrogens is 254 g/mol. The van der Waals surface area contributed by atoms with Gasteiger partial charge in [0.25, 0.3) is 0 Å². The molecule has 1 unspecified atom stereocenters. The summed E-state index contributed by atoms with van der Waals surface area (Å²) in [6.45, 7) is 11.1. The van der Waals surface area contributed by atoms with Gasteiger partial charge >= 0.3 is 0 Å². The van der Waals surface area contributed by atoms with Crippen LogP contribution in [-0.4, -0.2) is 19.0 Å². The van der Waals surface area contributed by atoms with Crippen LogP contribution in [0, 0.1) is 6.92 Å². The molecule has 0 aliphatic heterocycles. The van der Waals surface area contributed by atoms with Crippen molar-refractivity contribution < 1.29 is 0 Å². The number of benzene rings is 1. The largest absolute Gasteiger partial charge is 0.384 e. The highest BCUT2D eigenvalue weighted by Crippen LogP contribution is 2.37. The summed E-state index contributed by atoms with van der Waals surface area (Å²) in [6, 6.07) is 6.91. The maximum absolute atomic E-state index is 2.37. The van der Waals surface area contributed by atoms with E-state index >= 15 is 0 Å². The van der Waals surface area contributed by atoms with Crippen LogP contribution in [-0.2, 0) is 5.41 Å². The Morgan fingerprint density at radius 3 is 2.48 bits per heavy atom. The number of aryl methyl sites for hydroxylation is 1. The second-order valence-electron chi connectivity index (χ2n) is 6.43. The molecule has 0 bridgehead atoms. The molecule has 0 heterocycles. The number of rotatable bonds is 6. The zero-order chi connectivity index (χ0) is 16.0. The Hall–Kier alpha value is -1.50. The van der Waals surface area contributed by atoms with Gasteiger partial charge in [-0.05, 0) is 55.7 Å². The third-order valence-electron chi connectivity index (χ3n) is 4.33. The van der Waals surface area contributed by atoms with Crippen LogP contribution in [0.15, 0.2) is 36.0 Å². The molecule has 1 heteroatoms. The zero-order valence-electron chi connectivity index (χ0n) is 14.8. The van der Waals surface area contributed by atoms with Crippen molar-refractivity contribution in [3.8, 4) is 0 Å². The maximum Gasteiger partial charge on any atom is 0.0148 e. The van der Waals surface area contributed by atoms with E-state index in [4.69, 9.17) is 0 Å². The molecule has 0 aliphatic carbocycles. The lowest BCUT2D eigenvalue weighted by Gasteiger charge is -2.33. The smallest absolute Gasteiger partial charge is 0.0148 e. The number of hydrogen-bond acceptors (Lipinski definition) is 1. The fourth-order valence-electron chi connectivity index (χ4n) is 2.94. The van der Waals surface area contributed by atoms with Crippen molar-refractivity contribution in [3.05, 3.63) is 52.7 Å². The van der Waals surface area contributed by atoms with E-state index < -0.39 is 0 Å². The molecule has 1 rings (SSSR count). The van der Waals surface area contributed by atoms with Crippen LogP contribution in [0.4, 0.5) is 0 Å². The molecular formula is C20H31N. The highest BCUT2D eigenvalue weighted by molar-refractivity contribution is 5.56. The van der Waals surface area contributed by atoms with Gasteiger partial charge in [-0.3, -0.25) is 0 Å². The first-order chi connectivity index (χ1) is 9.85. The van der Waals surface area contributed by atoms with Crippen molar-refractivity contribution in [1.82, 2.24) is 4.90 Å². The van der Waals surface area contributed by atoms with Crippen LogP contribution in [0.5, 0.6) is 0 Å². The Balaban J connectivity index is 3.37. The summed E-state index contributed by atoms with van der Waals surface area (Å²) < 4.78 is 0. The van der Waals surface area contributed by atoms with E-state index in [9.17, 15) is 0 Å². The van der Waals surface area contributed by atoms with E-state index in [1.54, 1.807) is 0 Å². The van der Waals surface area contributed by atoms with Gasteiger partial charge in [-0.25, -0.2) is 0 Å². The molecule has 0 radical (unpaired) electrons. The van der Waals surface area contributed by atoms with E-state index in [1.165, 1.54) is 35.1 Å². The Bertz CT molecular complexity index is 523. The van der Waals surface area contributed by atoms with Crippen LogP contribution in [0.2, 0.25) is 0 Å². The fourth-order valence-corrected chi connectivity index (χ4v) is 2.94. The molecule has 0 saturated carbocycles. The highest BCUT2D eigenvalue weighted by atomic mass is 15.0. The SMILES string of the molecule is C/C=C\c1cc(C(C)(CCC)/C(C)=C/N(C)C)ccc1C. The molecule has 1 atom stereocenters. The average molecular weight is 285 g/mol. The molecule has 21 heavy (non-hydrogen) atoms. The zero-order valence-corrected chi connectivity index (χ0v) is 14.8. The lowest BCUT2D eigenvalue weighted by atomic mass is 9.73. The Morgan fingerprint density at radius 2 is 1.95 bits per heavy atom. The van der Waals surface area contributed by atoms with E-state index in [0.717, 1.165) is 0 Å². The molecule has 0 spiro atoms. The minimum atomic E-state index is 0.100. The van der Waals surface area contributed by atoms with E-state index in [1.807, 2.05) is 0 Å². The van der Waals surface area contributed by atoms with Gasteiger partial charge in [-0.1, -0.05) is 50.6 Å². The first kappa shape index (κ1) is 17.6. The molecule has 116 valence electrons. The van der Waals surface area contributed by atoms with E-state index in [2.05, 4.69) is 90.2 Å². The summed E-state index contributed by atoms with van der Waals surface area (Å²) >= 11 is 0. The minimum absolute atomic E-state index is 0.100. The molecule has 1 aromatic rings. The second-order valence-corrected chi connectivity index (χ2v) is 6.43. The van der Waals surface area contributed by atoms with E-state index in [0.29, 0.717) is 0 Å². The number of allylic oxidation sites excluding steroid dienone is 2. The van der Waals surface area contributed by atoms with Crippen molar-refractivity contribution in [1.29, 1.82) is 0 Å². The third-order valence-corrected chi connectivity index (χ3v) is 4.33. The molecule has 0 aliphatic rings. The summed E-state index contributed by atoms with van der Waals surface area (Å²) in [6.07, 6.45) is 8.93. The first-order valence-corrected chi connectivity index (χ1v) is 7.94. The molecule has 0 fully saturated rings. The summed E-state index contributed by atoms with van der Waals surface area (Å²) in [5.74, 6) is 0. The van der Waals surface area contributed by atoms with Gasteiger partial charge in [-0.2, -0.15) is 0 Å². The Labute approximate surface area is 131 Å². The van der Waals surface area contributed by atoms with E-state index in [-0.39, 0.29) is 5.41 Å². The quantitative estimate of drug-likeness (QED) is 0.662. The van der Waals surface area contributed by atoms with Gasteiger partial charge in [0.2, 0.25) is 0 Å². The molecule has 0 N–H and O–H groups in total. The maximum atomic E-state index is 2.37. The van der Waals surface area contributed by atoms with Gasteiger partial charge in [0.05, 0.1) is 0 Å². The normalized spacial score (nSPS) is 15.3. The van der Waals surface area contributed by atoms with Crippen LogP contribution in [0.3, 0.4) is 0 Å². The minimum Gasteiger partial charge on any atom is -0.384 e. The van der Waals surface area contributed by atoms with Crippen LogP contribution in [0.25, 0.3) is 6.08 Å². The average Bonchev–Trinajstić information content (AvgIpc) is 2.40. The molecule has 1 aromatic carbocycles. The fraction of sp³-hybridized carbons (Fsp3) is 0.500. The number of hydrogen-bond donors (Lipinski definition) is 0.